The molecule has 1 atom stereocenters. The zero-order chi connectivity index (χ0) is 14.7. The lowest BCUT2D eigenvalue weighted by molar-refractivity contribution is -0.121. The lowest BCUT2D eigenvalue weighted by atomic mass is 10.0. The van der Waals surface area contributed by atoms with Gasteiger partial charge in [-0.1, -0.05) is 42.5 Å². The Morgan fingerprint density at radius 3 is 2.38 bits per heavy atom. The summed E-state index contributed by atoms with van der Waals surface area (Å²) in [5, 5.41) is 3.19. The van der Waals surface area contributed by atoms with Gasteiger partial charge in [0.1, 0.15) is 0 Å². The first kappa shape index (κ1) is 13.7. The Labute approximate surface area is 125 Å². The van der Waals surface area contributed by atoms with Crippen molar-refractivity contribution >= 4 is 11.6 Å². The van der Waals surface area contributed by atoms with Gasteiger partial charge >= 0.3 is 0 Å². The minimum atomic E-state index is 0.0699. The van der Waals surface area contributed by atoms with Crippen molar-refractivity contribution < 1.29 is 4.79 Å². The first-order valence-electron chi connectivity index (χ1n) is 7.41. The predicted molar refractivity (Wildman–Crippen MR) is 84.6 cm³/mol. The summed E-state index contributed by atoms with van der Waals surface area (Å²) in [4.78, 5) is 12.3. The smallest absolute Gasteiger partial charge is 0.224 e. The van der Waals surface area contributed by atoms with E-state index in [2.05, 4.69) is 17.4 Å². The van der Waals surface area contributed by atoms with Crippen LogP contribution in [-0.4, -0.2) is 5.91 Å². The van der Waals surface area contributed by atoms with Gasteiger partial charge in [0.05, 0.1) is 12.5 Å². The van der Waals surface area contributed by atoms with Gasteiger partial charge in [-0.25, -0.2) is 0 Å². The van der Waals surface area contributed by atoms with Gasteiger partial charge in [0.25, 0.3) is 0 Å². The number of nitrogen functional groups attached to an aromatic ring is 1. The second-order valence-electron chi connectivity index (χ2n) is 5.71. The van der Waals surface area contributed by atoms with Gasteiger partial charge in [-0.15, -0.1) is 0 Å². The van der Waals surface area contributed by atoms with Crippen LogP contribution >= 0.6 is 0 Å². The van der Waals surface area contributed by atoms with Crippen molar-refractivity contribution in [2.24, 2.45) is 5.92 Å². The fraction of sp³-hybridized carbons (Fsp3) is 0.278. The number of hydrogen-bond acceptors (Lipinski definition) is 2. The lowest BCUT2D eigenvalue weighted by Crippen LogP contribution is -2.31. The highest BCUT2D eigenvalue weighted by Gasteiger charge is 2.33. The van der Waals surface area contributed by atoms with Crippen LogP contribution in [0.15, 0.2) is 54.6 Å². The maximum absolute atomic E-state index is 12.3. The van der Waals surface area contributed by atoms with E-state index in [1.807, 2.05) is 42.5 Å². The average molecular weight is 280 g/mol. The third-order valence-electron chi connectivity index (χ3n) is 3.91. The van der Waals surface area contributed by atoms with Crippen LogP contribution in [0, 0.1) is 5.92 Å². The molecule has 0 bridgehead atoms. The number of nitrogens with two attached hydrogens (primary N) is 1. The predicted octanol–water partition coefficient (Wildman–Crippen LogP) is 3.08. The van der Waals surface area contributed by atoms with E-state index in [1.165, 1.54) is 18.4 Å². The standard InChI is InChI=1S/C18H20N2O/c19-16-10-6-13(7-11-16)12-17(21)20-18(15-8-9-15)14-4-2-1-3-5-14/h1-7,10-11,15,18H,8-9,12,19H2,(H,20,21). The number of anilines is 1. The van der Waals surface area contributed by atoms with E-state index in [-0.39, 0.29) is 11.9 Å². The molecular weight excluding hydrogens is 260 g/mol. The van der Waals surface area contributed by atoms with Crippen LogP contribution in [0.4, 0.5) is 5.69 Å². The lowest BCUT2D eigenvalue weighted by Gasteiger charge is -2.19. The van der Waals surface area contributed by atoms with Crippen LogP contribution in [0.2, 0.25) is 0 Å². The zero-order valence-electron chi connectivity index (χ0n) is 12.0. The largest absolute Gasteiger partial charge is 0.399 e. The molecule has 1 unspecified atom stereocenters. The number of benzene rings is 2. The molecule has 3 nitrogen and oxygen atoms in total. The molecule has 2 aromatic rings. The summed E-state index contributed by atoms with van der Waals surface area (Å²) in [6, 6.07) is 17.9. The summed E-state index contributed by atoms with van der Waals surface area (Å²) in [5.41, 5.74) is 8.57. The molecule has 1 saturated carbocycles. The monoisotopic (exact) mass is 280 g/mol. The topological polar surface area (TPSA) is 55.1 Å². The minimum Gasteiger partial charge on any atom is -0.399 e. The zero-order valence-corrected chi connectivity index (χ0v) is 12.0. The molecule has 2 aromatic carbocycles. The second-order valence-corrected chi connectivity index (χ2v) is 5.71. The summed E-state index contributed by atoms with van der Waals surface area (Å²) in [7, 11) is 0. The first-order valence-corrected chi connectivity index (χ1v) is 7.41. The molecule has 0 heterocycles. The molecule has 1 aliphatic carbocycles. The van der Waals surface area contributed by atoms with Crippen molar-refractivity contribution in [1.82, 2.24) is 5.32 Å². The van der Waals surface area contributed by atoms with Crippen molar-refractivity contribution in [3.8, 4) is 0 Å². The van der Waals surface area contributed by atoms with Crippen LogP contribution in [-0.2, 0) is 11.2 Å². The van der Waals surface area contributed by atoms with Crippen molar-refractivity contribution in [3.63, 3.8) is 0 Å². The summed E-state index contributed by atoms with van der Waals surface area (Å²) in [5.74, 6) is 0.656. The quantitative estimate of drug-likeness (QED) is 0.827. The van der Waals surface area contributed by atoms with E-state index in [0.29, 0.717) is 12.3 Å². The minimum absolute atomic E-state index is 0.0699. The average Bonchev–Trinajstić information content (AvgIpc) is 3.33. The molecule has 3 heteroatoms. The number of amides is 1. The molecule has 21 heavy (non-hydrogen) atoms. The molecule has 1 fully saturated rings. The van der Waals surface area contributed by atoms with Gasteiger partial charge in [0.2, 0.25) is 5.91 Å². The molecular formula is C18H20N2O. The third-order valence-corrected chi connectivity index (χ3v) is 3.91. The number of carbonyl (C=O) groups excluding carboxylic acids is 1. The fourth-order valence-corrected chi connectivity index (χ4v) is 2.61. The molecule has 1 aliphatic rings. The van der Waals surface area contributed by atoms with Crippen molar-refractivity contribution in [2.45, 2.75) is 25.3 Å². The molecule has 1 amide bonds. The van der Waals surface area contributed by atoms with Gasteiger partial charge in [-0.2, -0.15) is 0 Å². The highest BCUT2D eigenvalue weighted by molar-refractivity contribution is 5.79. The molecule has 3 rings (SSSR count). The van der Waals surface area contributed by atoms with E-state index < -0.39 is 0 Å². The van der Waals surface area contributed by atoms with Crippen molar-refractivity contribution in [2.75, 3.05) is 5.73 Å². The van der Waals surface area contributed by atoms with Crippen LogP contribution < -0.4 is 11.1 Å². The van der Waals surface area contributed by atoms with Crippen LogP contribution in [0.3, 0.4) is 0 Å². The Balaban J connectivity index is 1.66. The molecule has 3 N–H and O–H groups in total. The normalized spacial score (nSPS) is 15.4. The number of rotatable bonds is 5. The van der Waals surface area contributed by atoms with Crippen molar-refractivity contribution in [3.05, 3.63) is 65.7 Å². The summed E-state index contributed by atoms with van der Waals surface area (Å²) < 4.78 is 0. The fourth-order valence-electron chi connectivity index (χ4n) is 2.61. The van der Waals surface area contributed by atoms with Gasteiger partial charge in [0.15, 0.2) is 0 Å². The molecule has 0 aliphatic heterocycles. The maximum Gasteiger partial charge on any atom is 0.224 e. The highest BCUT2D eigenvalue weighted by atomic mass is 16.1. The first-order chi connectivity index (χ1) is 10.2. The molecule has 108 valence electrons. The SMILES string of the molecule is Nc1ccc(CC(=O)NC(c2ccccc2)C2CC2)cc1. The van der Waals surface area contributed by atoms with Crippen LogP contribution in [0.25, 0.3) is 0 Å². The van der Waals surface area contributed by atoms with E-state index in [0.717, 1.165) is 11.3 Å². The van der Waals surface area contributed by atoms with Crippen LogP contribution in [0.5, 0.6) is 0 Å². The van der Waals surface area contributed by atoms with E-state index >= 15 is 0 Å². The molecule has 0 radical (unpaired) electrons. The van der Waals surface area contributed by atoms with Crippen molar-refractivity contribution in [1.29, 1.82) is 0 Å². The molecule has 0 spiro atoms. The summed E-state index contributed by atoms with van der Waals surface area (Å²) in [6.45, 7) is 0. The Kier molecular flexibility index (Phi) is 3.91. The highest BCUT2D eigenvalue weighted by Crippen LogP contribution is 2.40. The van der Waals surface area contributed by atoms with Crippen LogP contribution in [0.1, 0.15) is 30.0 Å². The van der Waals surface area contributed by atoms with Gasteiger partial charge in [-0.05, 0) is 42.0 Å². The number of carbonyl (C=O) groups is 1. The second kappa shape index (κ2) is 6.00. The summed E-state index contributed by atoms with van der Waals surface area (Å²) >= 11 is 0. The number of hydrogen-bond donors (Lipinski definition) is 2. The van der Waals surface area contributed by atoms with Gasteiger partial charge < -0.3 is 11.1 Å². The third kappa shape index (κ3) is 3.63. The Morgan fingerprint density at radius 1 is 1.10 bits per heavy atom. The van der Waals surface area contributed by atoms with E-state index in [4.69, 9.17) is 5.73 Å². The number of nitrogens with one attached hydrogen (secondary N) is 1. The van der Waals surface area contributed by atoms with E-state index in [9.17, 15) is 4.79 Å². The maximum atomic E-state index is 12.3. The van der Waals surface area contributed by atoms with Gasteiger partial charge in [-0.3, -0.25) is 4.79 Å². The Bertz CT molecular complexity index is 603. The molecule has 0 aromatic heterocycles. The van der Waals surface area contributed by atoms with E-state index in [1.54, 1.807) is 0 Å². The molecule has 0 saturated heterocycles. The summed E-state index contributed by atoms with van der Waals surface area (Å²) in [6.07, 6.45) is 2.79. The Morgan fingerprint density at radius 2 is 1.76 bits per heavy atom. The Hall–Kier alpha value is -2.29. The van der Waals surface area contributed by atoms with Gasteiger partial charge in [0, 0.05) is 5.69 Å².